The average molecular weight is 460 g/mol. The standard InChI is InChI=1S/C26H25N3O3S/c1-15-6-11-22(12-16(15)2)29-17(3)13-20(18(29)4)14-23-24(30)28(5)26(33-23)27-21-9-7-19(8-10-21)25(31)32/h6-14H,1-5H3,(H,31,32)/b23-14-,27-26?. The highest BCUT2D eigenvalue weighted by atomic mass is 32.2. The Kier molecular flexibility index (Phi) is 5.99. The number of benzene rings is 2. The first-order chi connectivity index (χ1) is 15.7. The molecular formula is C26H25N3O3S. The molecule has 33 heavy (non-hydrogen) atoms. The van der Waals surface area contributed by atoms with Crippen LogP contribution < -0.4 is 0 Å². The van der Waals surface area contributed by atoms with Gasteiger partial charge in [0.05, 0.1) is 16.2 Å². The van der Waals surface area contributed by atoms with Crippen molar-refractivity contribution >= 4 is 40.6 Å². The summed E-state index contributed by atoms with van der Waals surface area (Å²) in [6, 6.07) is 14.8. The molecule has 1 aromatic heterocycles. The first kappa shape index (κ1) is 22.6. The van der Waals surface area contributed by atoms with Crippen molar-refractivity contribution in [2.24, 2.45) is 4.99 Å². The number of carbonyl (C=O) groups is 2. The zero-order valence-corrected chi connectivity index (χ0v) is 20.0. The van der Waals surface area contributed by atoms with Crippen LogP contribution in [-0.4, -0.2) is 38.7 Å². The zero-order chi connectivity index (χ0) is 23.9. The number of amidine groups is 1. The number of aryl methyl sites for hydroxylation is 3. The van der Waals surface area contributed by atoms with Crippen LogP contribution in [0, 0.1) is 27.7 Å². The van der Waals surface area contributed by atoms with Crippen molar-refractivity contribution in [3.8, 4) is 5.69 Å². The van der Waals surface area contributed by atoms with Crippen LogP contribution in [0.4, 0.5) is 5.69 Å². The smallest absolute Gasteiger partial charge is 0.335 e. The zero-order valence-electron chi connectivity index (χ0n) is 19.2. The van der Waals surface area contributed by atoms with Crippen LogP contribution in [0.2, 0.25) is 0 Å². The maximum absolute atomic E-state index is 12.9. The van der Waals surface area contributed by atoms with Gasteiger partial charge in [0.2, 0.25) is 0 Å². The number of likely N-dealkylation sites (N-methyl/N-ethyl adjacent to an activating group) is 1. The van der Waals surface area contributed by atoms with Gasteiger partial charge >= 0.3 is 5.97 Å². The Bertz CT molecular complexity index is 1330. The van der Waals surface area contributed by atoms with Gasteiger partial charge in [0.25, 0.3) is 5.91 Å². The normalized spacial score (nSPS) is 16.3. The first-order valence-electron chi connectivity index (χ1n) is 10.5. The minimum absolute atomic E-state index is 0.114. The van der Waals surface area contributed by atoms with Crippen molar-refractivity contribution in [3.05, 3.63) is 87.1 Å². The van der Waals surface area contributed by atoms with E-state index in [9.17, 15) is 9.59 Å². The van der Waals surface area contributed by atoms with Gasteiger partial charge in [0.15, 0.2) is 5.17 Å². The van der Waals surface area contributed by atoms with Crippen molar-refractivity contribution in [2.75, 3.05) is 7.05 Å². The summed E-state index contributed by atoms with van der Waals surface area (Å²) in [5, 5.41) is 9.60. The highest BCUT2D eigenvalue weighted by Gasteiger charge is 2.30. The van der Waals surface area contributed by atoms with E-state index in [4.69, 9.17) is 5.11 Å². The number of aromatic carboxylic acids is 1. The van der Waals surface area contributed by atoms with Crippen molar-refractivity contribution in [1.82, 2.24) is 9.47 Å². The van der Waals surface area contributed by atoms with Crippen LogP contribution in [0.15, 0.2) is 58.4 Å². The summed E-state index contributed by atoms with van der Waals surface area (Å²) in [4.78, 5) is 30.6. The third-order valence-electron chi connectivity index (χ3n) is 5.85. The molecule has 1 N–H and O–H groups in total. The van der Waals surface area contributed by atoms with Gasteiger partial charge in [-0.1, -0.05) is 6.07 Å². The Labute approximate surface area is 197 Å². The summed E-state index contributed by atoms with van der Waals surface area (Å²) in [5.74, 6) is -1.10. The second-order valence-electron chi connectivity index (χ2n) is 8.15. The van der Waals surface area contributed by atoms with E-state index < -0.39 is 5.97 Å². The maximum Gasteiger partial charge on any atom is 0.335 e. The fourth-order valence-electron chi connectivity index (χ4n) is 3.78. The second kappa shape index (κ2) is 8.75. The molecule has 0 aliphatic carbocycles. The lowest BCUT2D eigenvalue weighted by molar-refractivity contribution is -0.121. The fraction of sp³-hybridized carbons (Fsp3) is 0.192. The molecule has 2 heterocycles. The molecule has 0 bridgehead atoms. The second-order valence-corrected chi connectivity index (χ2v) is 9.16. The summed E-state index contributed by atoms with van der Waals surface area (Å²) < 4.78 is 2.20. The molecule has 1 aliphatic rings. The van der Waals surface area contributed by atoms with E-state index in [1.54, 1.807) is 19.2 Å². The van der Waals surface area contributed by atoms with Gasteiger partial charge in [0, 0.05) is 24.1 Å². The quantitative estimate of drug-likeness (QED) is 0.512. The number of rotatable bonds is 4. The predicted octanol–water partition coefficient (Wildman–Crippen LogP) is 5.64. The van der Waals surface area contributed by atoms with E-state index in [1.807, 2.05) is 6.08 Å². The predicted molar refractivity (Wildman–Crippen MR) is 134 cm³/mol. The van der Waals surface area contributed by atoms with Gasteiger partial charge in [-0.2, -0.15) is 0 Å². The van der Waals surface area contributed by atoms with Crippen LogP contribution in [0.25, 0.3) is 11.8 Å². The molecule has 1 fully saturated rings. The Morgan fingerprint density at radius 1 is 1.00 bits per heavy atom. The number of thioether (sulfide) groups is 1. The summed E-state index contributed by atoms with van der Waals surface area (Å²) in [5.41, 5.74) is 7.53. The number of amides is 1. The molecule has 168 valence electrons. The van der Waals surface area contributed by atoms with E-state index in [1.165, 1.54) is 39.9 Å². The number of hydrogen-bond donors (Lipinski definition) is 1. The molecule has 0 atom stereocenters. The van der Waals surface area contributed by atoms with Crippen molar-refractivity contribution in [2.45, 2.75) is 27.7 Å². The van der Waals surface area contributed by atoms with Crippen LogP contribution in [0.5, 0.6) is 0 Å². The Morgan fingerprint density at radius 2 is 1.70 bits per heavy atom. The third kappa shape index (κ3) is 4.36. The summed E-state index contributed by atoms with van der Waals surface area (Å²) in [6.07, 6.45) is 1.92. The summed E-state index contributed by atoms with van der Waals surface area (Å²) in [6.45, 7) is 8.33. The maximum atomic E-state index is 12.9. The number of aromatic nitrogens is 1. The Morgan fingerprint density at radius 3 is 2.33 bits per heavy atom. The van der Waals surface area contributed by atoms with Crippen molar-refractivity contribution in [3.63, 3.8) is 0 Å². The molecular weight excluding hydrogens is 434 g/mol. The number of hydrogen-bond acceptors (Lipinski definition) is 4. The topological polar surface area (TPSA) is 74.9 Å². The van der Waals surface area contributed by atoms with Crippen LogP contribution in [0.1, 0.15) is 38.4 Å². The Hall–Kier alpha value is -3.58. The molecule has 0 radical (unpaired) electrons. The number of carboxylic acids is 1. The summed E-state index contributed by atoms with van der Waals surface area (Å²) >= 11 is 1.31. The van der Waals surface area contributed by atoms with Gasteiger partial charge < -0.3 is 9.67 Å². The number of aliphatic imine (C=N–C) groups is 1. The number of nitrogens with zero attached hydrogens (tertiary/aromatic N) is 3. The SMILES string of the molecule is Cc1ccc(-n2c(C)cc(/C=C3\SC(=Nc4ccc(C(=O)O)cc4)N(C)C3=O)c2C)cc1C. The molecule has 1 saturated heterocycles. The fourth-order valence-corrected chi connectivity index (χ4v) is 4.76. The molecule has 4 rings (SSSR count). The lowest BCUT2D eigenvalue weighted by Crippen LogP contribution is -2.23. The molecule has 1 aliphatic heterocycles. The van der Waals surface area contributed by atoms with Crippen LogP contribution in [0.3, 0.4) is 0 Å². The van der Waals surface area contributed by atoms with Crippen molar-refractivity contribution < 1.29 is 14.7 Å². The van der Waals surface area contributed by atoms with Crippen molar-refractivity contribution in [1.29, 1.82) is 0 Å². The van der Waals surface area contributed by atoms with E-state index >= 15 is 0 Å². The molecule has 0 spiro atoms. The number of carbonyl (C=O) groups excluding carboxylic acids is 1. The molecule has 2 aromatic carbocycles. The Balaban J connectivity index is 1.65. The minimum atomic E-state index is -0.986. The highest BCUT2D eigenvalue weighted by molar-refractivity contribution is 8.18. The van der Waals surface area contributed by atoms with E-state index in [2.05, 4.69) is 61.5 Å². The van der Waals surface area contributed by atoms with Gasteiger partial charge in [0.1, 0.15) is 0 Å². The van der Waals surface area contributed by atoms with E-state index in [0.717, 1.165) is 22.6 Å². The monoisotopic (exact) mass is 459 g/mol. The average Bonchev–Trinajstić information content (AvgIpc) is 3.20. The minimum Gasteiger partial charge on any atom is -0.478 e. The number of carboxylic acid groups (broad SMARTS) is 1. The third-order valence-corrected chi connectivity index (χ3v) is 6.91. The van der Waals surface area contributed by atoms with Gasteiger partial charge in [-0.15, -0.1) is 0 Å². The largest absolute Gasteiger partial charge is 0.478 e. The van der Waals surface area contributed by atoms with Gasteiger partial charge in [-0.05, 0) is 105 Å². The van der Waals surface area contributed by atoms with Crippen LogP contribution >= 0.6 is 11.8 Å². The molecule has 7 heteroatoms. The molecule has 6 nitrogen and oxygen atoms in total. The molecule has 1 amide bonds. The van der Waals surface area contributed by atoms with E-state index in [-0.39, 0.29) is 11.5 Å². The lowest BCUT2D eigenvalue weighted by Gasteiger charge is -2.11. The van der Waals surface area contributed by atoms with Gasteiger partial charge in [-0.3, -0.25) is 9.69 Å². The molecule has 0 saturated carbocycles. The van der Waals surface area contributed by atoms with Crippen LogP contribution in [-0.2, 0) is 4.79 Å². The molecule has 0 unspecified atom stereocenters. The summed E-state index contributed by atoms with van der Waals surface area (Å²) in [7, 11) is 1.69. The van der Waals surface area contributed by atoms with E-state index in [0.29, 0.717) is 15.8 Å². The highest BCUT2D eigenvalue weighted by Crippen LogP contribution is 2.34. The lowest BCUT2D eigenvalue weighted by atomic mass is 10.1. The van der Waals surface area contributed by atoms with Gasteiger partial charge in [-0.25, -0.2) is 9.79 Å². The molecule has 3 aromatic rings. The first-order valence-corrected chi connectivity index (χ1v) is 11.3.